The smallest absolute Gasteiger partial charge is 0.262 e. The van der Waals surface area contributed by atoms with E-state index in [0.29, 0.717) is 30.4 Å². The first-order valence-corrected chi connectivity index (χ1v) is 10.2. The molecule has 0 aliphatic carbocycles. The lowest BCUT2D eigenvalue weighted by atomic mass is 10.1. The predicted molar refractivity (Wildman–Crippen MR) is 108 cm³/mol. The molecule has 1 aliphatic rings. The van der Waals surface area contributed by atoms with Gasteiger partial charge in [-0.15, -0.1) is 0 Å². The Morgan fingerprint density at radius 3 is 2.43 bits per heavy atom. The van der Waals surface area contributed by atoms with E-state index in [2.05, 4.69) is 9.71 Å². The number of rotatable bonds is 5. The van der Waals surface area contributed by atoms with Crippen molar-refractivity contribution < 1.29 is 17.9 Å². The number of nitrogens with one attached hydrogen (secondary N) is 1. The summed E-state index contributed by atoms with van der Waals surface area (Å²) in [6.45, 7) is 0.854. The van der Waals surface area contributed by atoms with Crippen LogP contribution >= 0.6 is 0 Å². The Morgan fingerprint density at radius 1 is 0.857 bits per heavy atom. The van der Waals surface area contributed by atoms with Crippen molar-refractivity contribution in [1.29, 1.82) is 0 Å². The molecule has 0 radical (unpaired) electrons. The number of sulfonamides is 1. The summed E-state index contributed by atoms with van der Waals surface area (Å²) in [5.74, 6) is 0.983. The maximum atomic E-state index is 12.7. The van der Waals surface area contributed by atoms with Crippen LogP contribution in [0.2, 0.25) is 0 Å². The second-order valence-corrected chi connectivity index (χ2v) is 7.83. The maximum Gasteiger partial charge on any atom is 0.262 e. The Hall–Kier alpha value is -3.32. The van der Waals surface area contributed by atoms with E-state index < -0.39 is 10.0 Å². The van der Waals surface area contributed by atoms with Crippen molar-refractivity contribution >= 4 is 27.9 Å². The molecule has 0 atom stereocenters. The van der Waals surface area contributed by atoms with Crippen LogP contribution in [0.1, 0.15) is 11.1 Å². The number of hydrogen-bond acceptors (Lipinski definition) is 5. The van der Waals surface area contributed by atoms with E-state index in [1.165, 1.54) is 12.1 Å². The molecule has 0 unspecified atom stereocenters. The summed E-state index contributed by atoms with van der Waals surface area (Å²) in [5, 5.41) is 0. The molecule has 1 N–H and O–H groups in total. The molecule has 3 aromatic rings. The lowest BCUT2D eigenvalue weighted by molar-refractivity contribution is 0.171. The van der Waals surface area contributed by atoms with E-state index in [0.717, 1.165) is 11.1 Å². The number of fused-ring (bicyclic) bond motifs is 1. The van der Waals surface area contributed by atoms with Gasteiger partial charge in [-0.3, -0.25) is 9.71 Å². The van der Waals surface area contributed by atoms with E-state index in [9.17, 15) is 8.42 Å². The van der Waals surface area contributed by atoms with Gasteiger partial charge in [-0.25, -0.2) is 8.42 Å². The minimum Gasteiger partial charge on any atom is -0.486 e. The van der Waals surface area contributed by atoms with Gasteiger partial charge in [0.2, 0.25) is 0 Å². The van der Waals surface area contributed by atoms with Crippen LogP contribution in [0.15, 0.2) is 71.9 Å². The van der Waals surface area contributed by atoms with Crippen molar-refractivity contribution in [2.75, 3.05) is 17.9 Å². The van der Waals surface area contributed by atoms with Gasteiger partial charge in [0.05, 0.1) is 4.90 Å². The van der Waals surface area contributed by atoms with Gasteiger partial charge in [0, 0.05) is 24.1 Å². The number of aromatic nitrogens is 1. The van der Waals surface area contributed by atoms with Crippen LogP contribution in [-0.4, -0.2) is 26.6 Å². The van der Waals surface area contributed by atoms with E-state index in [1.54, 1.807) is 36.7 Å². The van der Waals surface area contributed by atoms with E-state index in [-0.39, 0.29) is 4.90 Å². The molecule has 1 aromatic heterocycles. The fourth-order valence-electron chi connectivity index (χ4n) is 2.78. The molecule has 28 heavy (non-hydrogen) atoms. The van der Waals surface area contributed by atoms with E-state index in [1.807, 2.05) is 30.4 Å². The Balaban J connectivity index is 1.54. The average Bonchev–Trinajstić information content (AvgIpc) is 2.72. The predicted octanol–water partition coefficient (Wildman–Crippen LogP) is 3.82. The third-order valence-electron chi connectivity index (χ3n) is 4.14. The Morgan fingerprint density at radius 2 is 1.61 bits per heavy atom. The highest BCUT2D eigenvalue weighted by molar-refractivity contribution is 7.92. The quantitative estimate of drug-likeness (QED) is 0.712. The van der Waals surface area contributed by atoms with Crippen LogP contribution in [0.5, 0.6) is 11.5 Å². The van der Waals surface area contributed by atoms with Crippen LogP contribution in [0.3, 0.4) is 0 Å². The Kier molecular flexibility index (Phi) is 4.99. The summed E-state index contributed by atoms with van der Waals surface area (Å²) in [6, 6.07) is 15.6. The first-order chi connectivity index (χ1) is 13.6. The molecule has 0 saturated heterocycles. The minimum absolute atomic E-state index is 0.120. The van der Waals surface area contributed by atoms with Gasteiger partial charge < -0.3 is 9.47 Å². The summed E-state index contributed by atoms with van der Waals surface area (Å²) in [5.41, 5.74) is 2.36. The summed E-state index contributed by atoms with van der Waals surface area (Å²) in [6.07, 6.45) is 7.29. The van der Waals surface area contributed by atoms with Crippen LogP contribution < -0.4 is 14.2 Å². The third kappa shape index (κ3) is 4.15. The first kappa shape index (κ1) is 18.1. The number of nitrogens with zero attached hydrogens (tertiary/aromatic N) is 1. The number of hydrogen-bond donors (Lipinski definition) is 1. The monoisotopic (exact) mass is 394 g/mol. The molecule has 0 bridgehead atoms. The second-order valence-electron chi connectivity index (χ2n) is 6.15. The summed E-state index contributed by atoms with van der Waals surface area (Å²) in [7, 11) is -3.75. The van der Waals surface area contributed by atoms with Gasteiger partial charge in [0.15, 0.2) is 11.5 Å². The van der Waals surface area contributed by atoms with Gasteiger partial charge in [-0.1, -0.05) is 24.3 Å². The van der Waals surface area contributed by atoms with Crippen molar-refractivity contribution in [3.8, 4) is 11.5 Å². The number of benzene rings is 2. The number of pyridine rings is 1. The van der Waals surface area contributed by atoms with Crippen molar-refractivity contribution in [3.05, 3.63) is 78.1 Å². The summed E-state index contributed by atoms with van der Waals surface area (Å²) >= 11 is 0. The van der Waals surface area contributed by atoms with Gasteiger partial charge in [0.1, 0.15) is 13.2 Å². The van der Waals surface area contributed by atoms with Crippen LogP contribution in [0.4, 0.5) is 5.69 Å². The van der Waals surface area contributed by atoms with Crippen LogP contribution in [0.25, 0.3) is 12.2 Å². The molecule has 2 heterocycles. The molecule has 0 amide bonds. The van der Waals surface area contributed by atoms with Gasteiger partial charge in [0.25, 0.3) is 10.0 Å². The van der Waals surface area contributed by atoms with Gasteiger partial charge >= 0.3 is 0 Å². The fourth-order valence-corrected chi connectivity index (χ4v) is 3.84. The molecule has 2 aromatic carbocycles. The molecule has 0 saturated carbocycles. The zero-order chi connectivity index (χ0) is 19.4. The fraction of sp³-hybridized carbons (Fsp3) is 0.0952. The highest BCUT2D eigenvalue weighted by Crippen LogP contribution is 2.32. The first-order valence-electron chi connectivity index (χ1n) is 8.71. The zero-order valence-corrected chi connectivity index (χ0v) is 15.7. The largest absolute Gasteiger partial charge is 0.486 e. The maximum absolute atomic E-state index is 12.7. The molecule has 0 spiro atoms. The Labute approximate surface area is 163 Å². The molecule has 7 heteroatoms. The van der Waals surface area contributed by atoms with Crippen molar-refractivity contribution in [3.63, 3.8) is 0 Å². The molecule has 1 aliphatic heterocycles. The normalized spacial score (nSPS) is 13.4. The Bertz CT molecular complexity index is 1110. The van der Waals surface area contributed by atoms with Crippen molar-refractivity contribution in [1.82, 2.24) is 4.98 Å². The number of anilines is 1. The average molecular weight is 394 g/mol. The molecular formula is C21H18N2O4S. The van der Waals surface area contributed by atoms with Crippen molar-refractivity contribution in [2.45, 2.75) is 4.90 Å². The molecule has 142 valence electrons. The van der Waals surface area contributed by atoms with Gasteiger partial charge in [-0.05, 0) is 47.5 Å². The van der Waals surface area contributed by atoms with Gasteiger partial charge in [-0.2, -0.15) is 0 Å². The zero-order valence-electron chi connectivity index (χ0n) is 14.9. The van der Waals surface area contributed by atoms with E-state index >= 15 is 0 Å². The SMILES string of the molecule is O=S(=O)(Nc1cccc(C=Cc2ccncc2)c1)c1ccc2c(c1)OCCO2. The lowest BCUT2D eigenvalue weighted by Crippen LogP contribution is -2.17. The van der Waals surface area contributed by atoms with Crippen molar-refractivity contribution in [2.24, 2.45) is 0 Å². The third-order valence-corrected chi connectivity index (χ3v) is 5.52. The summed E-state index contributed by atoms with van der Waals surface area (Å²) in [4.78, 5) is 4.10. The molecule has 4 rings (SSSR count). The number of ether oxygens (including phenoxy) is 2. The lowest BCUT2D eigenvalue weighted by Gasteiger charge is -2.19. The van der Waals surface area contributed by atoms with Crippen LogP contribution in [-0.2, 0) is 10.0 Å². The van der Waals surface area contributed by atoms with Crippen LogP contribution in [0, 0.1) is 0 Å². The molecular weight excluding hydrogens is 376 g/mol. The second kappa shape index (κ2) is 7.74. The molecule has 6 nitrogen and oxygen atoms in total. The highest BCUT2D eigenvalue weighted by atomic mass is 32.2. The summed E-state index contributed by atoms with van der Waals surface area (Å²) < 4.78 is 39.0. The topological polar surface area (TPSA) is 77.5 Å². The minimum atomic E-state index is -3.75. The molecule has 0 fully saturated rings. The highest BCUT2D eigenvalue weighted by Gasteiger charge is 2.19. The van der Waals surface area contributed by atoms with E-state index in [4.69, 9.17) is 9.47 Å². The standard InChI is InChI=1S/C21H18N2O4S/c24-28(25,19-6-7-20-21(15-19)27-13-12-26-20)23-18-3-1-2-17(14-18)5-4-16-8-10-22-11-9-16/h1-11,14-15,23H,12-13H2.